The van der Waals surface area contributed by atoms with Crippen molar-refractivity contribution in [3.63, 3.8) is 0 Å². The van der Waals surface area contributed by atoms with Crippen LogP contribution in [0, 0.1) is 13.8 Å². The predicted molar refractivity (Wildman–Crippen MR) is 115 cm³/mol. The van der Waals surface area contributed by atoms with E-state index in [4.69, 9.17) is 4.74 Å². The molecule has 3 aromatic rings. The van der Waals surface area contributed by atoms with Gasteiger partial charge in [-0.3, -0.25) is 0 Å². The first-order chi connectivity index (χ1) is 13.3. The van der Waals surface area contributed by atoms with Gasteiger partial charge in [0.2, 0.25) is 9.84 Å². The number of hydrogen-bond acceptors (Lipinski definition) is 4. The molecule has 0 saturated heterocycles. The molecule has 3 aromatic carbocycles. The highest BCUT2D eigenvalue weighted by molar-refractivity contribution is 7.92. The molecule has 0 spiro atoms. The van der Waals surface area contributed by atoms with Crippen molar-refractivity contribution >= 4 is 26.3 Å². The number of hydrogen-bond donors (Lipinski definition) is 0. The summed E-state index contributed by atoms with van der Waals surface area (Å²) in [5, 5.41) is 1.58. The highest BCUT2D eigenvalue weighted by Gasteiger charge is 2.28. The largest absolute Gasteiger partial charge is 0.497 e. The van der Waals surface area contributed by atoms with Gasteiger partial charge >= 0.3 is 0 Å². The van der Waals surface area contributed by atoms with E-state index in [2.05, 4.69) is 11.0 Å². The van der Waals surface area contributed by atoms with Crippen LogP contribution in [0.3, 0.4) is 0 Å². The summed E-state index contributed by atoms with van der Waals surface area (Å²) in [6.45, 7) is 9.46. The van der Waals surface area contributed by atoms with Gasteiger partial charge in [-0.15, -0.1) is 0 Å². The van der Waals surface area contributed by atoms with Gasteiger partial charge in [0.05, 0.1) is 17.7 Å². The Labute approximate surface area is 167 Å². The van der Waals surface area contributed by atoms with Crippen molar-refractivity contribution in [2.24, 2.45) is 0 Å². The van der Waals surface area contributed by atoms with E-state index < -0.39 is 9.84 Å². The van der Waals surface area contributed by atoms with Crippen molar-refractivity contribution in [3.8, 4) is 5.75 Å². The number of benzene rings is 3. The van der Waals surface area contributed by atoms with Crippen molar-refractivity contribution in [3.05, 3.63) is 59.7 Å². The minimum atomic E-state index is -3.72. The molecule has 0 aliphatic heterocycles. The number of ether oxygens (including phenoxy) is 1. The molecule has 3 rings (SSSR count). The minimum Gasteiger partial charge on any atom is -0.497 e. The van der Waals surface area contributed by atoms with Crippen LogP contribution in [0.1, 0.15) is 25.0 Å². The number of fused-ring (bicyclic) bond motifs is 1. The van der Waals surface area contributed by atoms with Gasteiger partial charge in [0.25, 0.3) is 0 Å². The summed E-state index contributed by atoms with van der Waals surface area (Å²) in [7, 11) is -2.13. The predicted octanol–water partition coefficient (Wildman–Crippen LogP) is 5.14. The number of nitrogens with zero attached hydrogens (tertiary/aromatic N) is 1. The lowest BCUT2D eigenvalue weighted by atomic mass is 10.0. The summed E-state index contributed by atoms with van der Waals surface area (Å²) in [5.41, 5.74) is 2.75. The molecule has 0 N–H and O–H groups in total. The topological polar surface area (TPSA) is 46.6 Å². The number of sulfone groups is 1. The Bertz CT molecular complexity index is 1100. The number of methoxy groups -OCH3 is 1. The molecule has 0 aromatic heterocycles. The molecular formula is C23H27NO3S. The molecule has 4 nitrogen and oxygen atoms in total. The SMILES string of the molecule is CCN(CC)c1c(C)cc2ccc(OC)cc2c1S(=O)(=O)c1ccc(C)cc1. The van der Waals surface area contributed by atoms with E-state index in [1.54, 1.807) is 19.2 Å². The summed E-state index contributed by atoms with van der Waals surface area (Å²) in [6, 6.07) is 14.7. The van der Waals surface area contributed by atoms with Crippen LogP contribution in [0.15, 0.2) is 58.3 Å². The molecule has 0 aliphatic carbocycles. The first kappa shape index (κ1) is 20.2. The Kier molecular flexibility index (Phi) is 5.66. The van der Waals surface area contributed by atoms with Crippen LogP contribution in [-0.2, 0) is 9.84 Å². The fraction of sp³-hybridized carbons (Fsp3) is 0.304. The lowest BCUT2D eigenvalue weighted by Gasteiger charge is -2.27. The fourth-order valence-corrected chi connectivity index (χ4v) is 5.37. The second kappa shape index (κ2) is 7.84. The maximum Gasteiger partial charge on any atom is 0.209 e. The Morgan fingerprint density at radius 3 is 2.14 bits per heavy atom. The average Bonchev–Trinajstić information content (AvgIpc) is 2.68. The highest BCUT2D eigenvalue weighted by atomic mass is 32.2. The molecule has 148 valence electrons. The Morgan fingerprint density at radius 1 is 0.929 bits per heavy atom. The lowest BCUT2D eigenvalue weighted by molar-refractivity contribution is 0.415. The van der Waals surface area contributed by atoms with Crippen molar-refractivity contribution in [2.75, 3.05) is 25.1 Å². The Hall–Kier alpha value is -2.53. The molecule has 0 radical (unpaired) electrons. The third-order valence-corrected chi connectivity index (χ3v) is 6.99. The summed E-state index contributed by atoms with van der Waals surface area (Å²) in [6.07, 6.45) is 0. The van der Waals surface area contributed by atoms with Gasteiger partial charge in [-0.1, -0.05) is 23.8 Å². The molecule has 0 aliphatic rings. The molecule has 0 atom stereocenters. The van der Waals surface area contributed by atoms with Gasteiger partial charge < -0.3 is 9.64 Å². The summed E-state index contributed by atoms with van der Waals surface area (Å²) >= 11 is 0. The van der Waals surface area contributed by atoms with Crippen LogP contribution in [0.25, 0.3) is 10.8 Å². The van der Waals surface area contributed by atoms with Crippen LogP contribution in [0.2, 0.25) is 0 Å². The van der Waals surface area contributed by atoms with Crippen LogP contribution < -0.4 is 9.64 Å². The normalized spacial score (nSPS) is 11.6. The minimum absolute atomic E-state index is 0.307. The molecule has 0 saturated carbocycles. The number of rotatable bonds is 6. The van der Waals surface area contributed by atoms with Gasteiger partial charge in [-0.05, 0) is 69.0 Å². The van der Waals surface area contributed by atoms with Crippen LogP contribution >= 0.6 is 0 Å². The van der Waals surface area contributed by atoms with Gasteiger partial charge in [0.15, 0.2) is 0 Å². The Balaban J connectivity index is 2.45. The fourth-order valence-electron chi connectivity index (χ4n) is 3.63. The first-order valence-electron chi connectivity index (χ1n) is 9.51. The van der Waals surface area contributed by atoms with E-state index in [1.807, 2.05) is 58.0 Å². The molecule has 0 unspecified atom stereocenters. The van der Waals surface area contributed by atoms with Gasteiger partial charge in [-0.25, -0.2) is 8.42 Å². The monoisotopic (exact) mass is 397 g/mol. The quantitative estimate of drug-likeness (QED) is 0.577. The Morgan fingerprint density at radius 2 is 1.57 bits per heavy atom. The van der Waals surface area contributed by atoms with Gasteiger partial charge in [0.1, 0.15) is 10.6 Å². The standard InChI is InChI=1S/C23H27NO3S/c1-6-24(7-2)22-17(4)14-18-10-11-19(27-5)15-21(18)23(22)28(25,26)20-12-8-16(3)9-13-20/h8-15H,6-7H2,1-5H3. The molecule has 5 heteroatoms. The third-order valence-electron chi connectivity index (χ3n) is 5.15. The van der Waals surface area contributed by atoms with E-state index in [1.165, 1.54) is 0 Å². The molecule has 0 fully saturated rings. The van der Waals surface area contributed by atoms with Crippen molar-refractivity contribution in [1.82, 2.24) is 0 Å². The lowest BCUT2D eigenvalue weighted by Crippen LogP contribution is -2.25. The van der Waals surface area contributed by atoms with Crippen LogP contribution in [-0.4, -0.2) is 28.6 Å². The van der Waals surface area contributed by atoms with E-state index in [9.17, 15) is 8.42 Å². The van der Waals surface area contributed by atoms with Gasteiger partial charge in [-0.2, -0.15) is 0 Å². The third kappa shape index (κ3) is 3.47. The van der Waals surface area contributed by atoms with E-state index >= 15 is 0 Å². The molecular weight excluding hydrogens is 370 g/mol. The first-order valence-corrected chi connectivity index (χ1v) is 11.0. The second-order valence-electron chi connectivity index (χ2n) is 6.95. The molecule has 0 heterocycles. The summed E-state index contributed by atoms with van der Waals surface area (Å²) in [4.78, 5) is 2.77. The second-order valence-corrected chi connectivity index (χ2v) is 8.83. The van der Waals surface area contributed by atoms with E-state index in [0.29, 0.717) is 20.9 Å². The smallest absolute Gasteiger partial charge is 0.209 e. The maximum atomic E-state index is 13.8. The zero-order valence-electron chi connectivity index (χ0n) is 17.1. The average molecular weight is 398 g/mol. The highest BCUT2D eigenvalue weighted by Crippen LogP contribution is 2.40. The molecule has 0 bridgehead atoms. The van der Waals surface area contributed by atoms with Crippen molar-refractivity contribution in [1.29, 1.82) is 0 Å². The summed E-state index contributed by atoms with van der Waals surface area (Å²) < 4.78 is 33.0. The van der Waals surface area contributed by atoms with Crippen LogP contribution in [0.5, 0.6) is 5.75 Å². The summed E-state index contributed by atoms with van der Waals surface area (Å²) in [5.74, 6) is 0.641. The van der Waals surface area contributed by atoms with Crippen LogP contribution in [0.4, 0.5) is 5.69 Å². The van der Waals surface area contributed by atoms with E-state index in [-0.39, 0.29) is 0 Å². The number of anilines is 1. The zero-order valence-corrected chi connectivity index (χ0v) is 17.9. The molecule has 0 amide bonds. The van der Waals surface area contributed by atoms with E-state index in [0.717, 1.165) is 35.3 Å². The van der Waals surface area contributed by atoms with Gasteiger partial charge in [0, 0.05) is 18.5 Å². The van der Waals surface area contributed by atoms with Crippen molar-refractivity contribution < 1.29 is 13.2 Å². The van der Waals surface area contributed by atoms with Crippen molar-refractivity contribution in [2.45, 2.75) is 37.5 Å². The number of aryl methyl sites for hydroxylation is 2. The zero-order chi connectivity index (χ0) is 20.5. The maximum absolute atomic E-state index is 13.8. The molecule has 28 heavy (non-hydrogen) atoms.